The molecule has 1 saturated heterocycles. The van der Waals surface area contributed by atoms with E-state index in [1.807, 2.05) is 4.90 Å². The number of nitrogens with zero attached hydrogens (tertiary/aromatic N) is 2. The van der Waals surface area contributed by atoms with Crippen molar-refractivity contribution >= 4 is 11.9 Å². The zero-order valence-electron chi connectivity index (χ0n) is 13.1. The van der Waals surface area contributed by atoms with Gasteiger partial charge in [-0.05, 0) is 37.8 Å². The van der Waals surface area contributed by atoms with Crippen LogP contribution in [0, 0.1) is 0 Å². The van der Waals surface area contributed by atoms with Gasteiger partial charge < -0.3 is 14.7 Å². The van der Waals surface area contributed by atoms with E-state index in [1.165, 1.54) is 6.07 Å². The number of amides is 1. The van der Waals surface area contributed by atoms with Gasteiger partial charge in [0, 0.05) is 19.2 Å². The third kappa shape index (κ3) is 3.69. The zero-order valence-corrected chi connectivity index (χ0v) is 13.1. The Hall–Kier alpha value is -1.95. The van der Waals surface area contributed by atoms with Gasteiger partial charge in [-0.15, -0.1) is 0 Å². The van der Waals surface area contributed by atoms with Crippen LogP contribution in [0.4, 0.5) is 0 Å². The molecule has 2 heterocycles. The number of aromatic carboxylic acids is 1. The van der Waals surface area contributed by atoms with Gasteiger partial charge in [0.1, 0.15) is 11.4 Å². The number of carboxylic acid groups (broad SMARTS) is 1. The highest BCUT2D eigenvalue weighted by Crippen LogP contribution is 2.26. The maximum atomic E-state index is 12.9. The molecular formula is C17H22N2O4. The number of ether oxygens (including phenoxy) is 1. The lowest BCUT2D eigenvalue weighted by atomic mass is 10.1. The van der Waals surface area contributed by atoms with Crippen LogP contribution < -0.4 is 0 Å². The predicted octanol–water partition coefficient (Wildman–Crippen LogP) is 2.34. The van der Waals surface area contributed by atoms with Gasteiger partial charge in [-0.25, -0.2) is 9.78 Å². The Kier molecular flexibility index (Phi) is 4.91. The highest BCUT2D eigenvalue weighted by atomic mass is 16.5. The van der Waals surface area contributed by atoms with E-state index in [9.17, 15) is 9.59 Å². The Morgan fingerprint density at radius 3 is 2.57 bits per heavy atom. The van der Waals surface area contributed by atoms with Crippen molar-refractivity contribution in [2.24, 2.45) is 0 Å². The zero-order chi connectivity index (χ0) is 16.2. The normalized spacial score (nSPS) is 21.5. The van der Waals surface area contributed by atoms with Crippen LogP contribution in [-0.4, -0.2) is 52.2 Å². The van der Waals surface area contributed by atoms with Crippen molar-refractivity contribution in [3.8, 4) is 0 Å². The van der Waals surface area contributed by atoms with Crippen LogP contribution in [0.25, 0.3) is 0 Å². The van der Waals surface area contributed by atoms with Crippen LogP contribution in [0.1, 0.15) is 59.5 Å². The SMILES string of the molecule is O=C(O)c1cccc(C(=O)N(CC2CCCO2)C2CCCC2)n1. The highest BCUT2D eigenvalue weighted by Gasteiger charge is 2.31. The summed E-state index contributed by atoms with van der Waals surface area (Å²) >= 11 is 0. The van der Waals surface area contributed by atoms with E-state index in [2.05, 4.69) is 4.98 Å². The minimum atomic E-state index is -1.12. The van der Waals surface area contributed by atoms with E-state index in [0.29, 0.717) is 6.54 Å². The molecule has 6 heteroatoms. The Morgan fingerprint density at radius 1 is 1.17 bits per heavy atom. The summed E-state index contributed by atoms with van der Waals surface area (Å²) in [6.45, 7) is 1.33. The van der Waals surface area contributed by atoms with E-state index in [1.54, 1.807) is 12.1 Å². The first-order valence-electron chi connectivity index (χ1n) is 8.28. The number of aromatic nitrogens is 1. The molecule has 23 heavy (non-hydrogen) atoms. The van der Waals surface area contributed by atoms with E-state index in [-0.39, 0.29) is 29.4 Å². The smallest absolute Gasteiger partial charge is 0.354 e. The van der Waals surface area contributed by atoms with Crippen LogP contribution in [0.15, 0.2) is 18.2 Å². The molecule has 1 aliphatic carbocycles. The quantitative estimate of drug-likeness (QED) is 0.901. The number of hydrogen-bond acceptors (Lipinski definition) is 4. The molecule has 1 aromatic rings. The Labute approximate surface area is 135 Å². The maximum absolute atomic E-state index is 12.9. The first-order chi connectivity index (χ1) is 11.1. The molecule has 2 aliphatic rings. The molecule has 1 amide bonds. The lowest BCUT2D eigenvalue weighted by molar-refractivity contribution is 0.0416. The standard InChI is InChI=1S/C17H22N2O4/c20-16(14-8-3-9-15(18-14)17(21)22)19(12-5-1-2-6-12)11-13-7-4-10-23-13/h3,8-9,12-13H,1-2,4-7,10-11H2,(H,21,22). The molecule has 1 saturated carbocycles. The summed E-state index contributed by atoms with van der Waals surface area (Å²) in [5.41, 5.74) is 0.106. The molecular weight excluding hydrogens is 296 g/mol. The van der Waals surface area contributed by atoms with Gasteiger partial charge in [0.25, 0.3) is 5.91 Å². The van der Waals surface area contributed by atoms with Crippen LogP contribution in [-0.2, 0) is 4.74 Å². The number of carbonyl (C=O) groups excluding carboxylic acids is 1. The highest BCUT2D eigenvalue weighted by molar-refractivity contribution is 5.94. The molecule has 2 fully saturated rings. The minimum Gasteiger partial charge on any atom is -0.477 e. The molecule has 0 radical (unpaired) electrons. The van der Waals surface area contributed by atoms with Crippen LogP contribution in [0.5, 0.6) is 0 Å². The van der Waals surface area contributed by atoms with Crippen molar-refractivity contribution in [1.82, 2.24) is 9.88 Å². The average Bonchev–Trinajstić information content (AvgIpc) is 3.25. The number of hydrogen-bond donors (Lipinski definition) is 1. The molecule has 1 atom stereocenters. The summed E-state index contributed by atoms with van der Waals surface area (Å²) in [6, 6.07) is 4.77. The largest absolute Gasteiger partial charge is 0.477 e. The fourth-order valence-electron chi connectivity index (χ4n) is 3.44. The molecule has 0 bridgehead atoms. The summed E-state index contributed by atoms with van der Waals surface area (Å²) in [7, 11) is 0. The summed E-state index contributed by atoms with van der Waals surface area (Å²) in [4.78, 5) is 29.8. The van der Waals surface area contributed by atoms with Crippen molar-refractivity contribution in [3.05, 3.63) is 29.6 Å². The summed E-state index contributed by atoms with van der Waals surface area (Å²) in [6.07, 6.45) is 6.34. The van der Waals surface area contributed by atoms with Gasteiger partial charge in [0.15, 0.2) is 0 Å². The first kappa shape index (κ1) is 15.9. The molecule has 0 spiro atoms. The maximum Gasteiger partial charge on any atom is 0.354 e. The Morgan fingerprint density at radius 2 is 1.91 bits per heavy atom. The monoisotopic (exact) mass is 318 g/mol. The lowest BCUT2D eigenvalue weighted by Crippen LogP contribution is -2.43. The third-order valence-corrected chi connectivity index (χ3v) is 4.64. The number of carbonyl (C=O) groups is 2. The van der Waals surface area contributed by atoms with Crippen LogP contribution in [0.3, 0.4) is 0 Å². The second-order valence-electron chi connectivity index (χ2n) is 6.24. The predicted molar refractivity (Wildman–Crippen MR) is 83.5 cm³/mol. The van der Waals surface area contributed by atoms with Gasteiger partial charge >= 0.3 is 5.97 Å². The number of carboxylic acids is 1. The lowest BCUT2D eigenvalue weighted by Gasteiger charge is -2.31. The van der Waals surface area contributed by atoms with Crippen molar-refractivity contribution in [3.63, 3.8) is 0 Å². The second kappa shape index (κ2) is 7.08. The molecule has 6 nitrogen and oxygen atoms in total. The van der Waals surface area contributed by atoms with Gasteiger partial charge in [-0.3, -0.25) is 4.79 Å². The molecule has 1 aromatic heterocycles. The summed E-state index contributed by atoms with van der Waals surface area (Å²) in [5, 5.41) is 9.06. The van der Waals surface area contributed by atoms with E-state index < -0.39 is 5.97 Å². The number of rotatable bonds is 5. The van der Waals surface area contributed by atoms with Gasteiger partial charge in [0.05, 0.1) is 6.10 Å². The fraction of sp³-hybridized carbons (Fsp3) is 0.588. The molecule has 124 valence electrons. The van der Waals surface area contributed by atoms with E-state index in [4.69, 9.17) is 9.84 Å². The van der Waals surface area contributed by atoms with Crippen LogP contribution in [0.2, 0.25) is 0 Å². The van der Waals surface area contributed by atoms with Crippen molar-refractivity contribution in [2.45, 2.75) is 50.7 Å². The first-order valence-corrected chi connectivity index (χ1v) is 8.28. The Balaban J connectivity index is 1.80. The molecule has 3 rings (SSSR count). The van der Waals surface area contributed by atoms with Crippen molar-refractivity contribution < 1.29 is 19.4 Å². The summed E-state index contributed by atoms with van der Waals surface area (Å²) in [5.74, 6) is -1.30. The summed E-state index contributed by atoms with van der Waals surface area (Å²) < 4.78 is 5.68. The molecule has 1 aliphatic heterocycles. The average molecular weight is 318 g/mol. The van der Waals surface area contributed by atoms with Gasteiger partial charge in [0.2, 0.25) is 0 Å². The second-order valence-corrected chi connectivity index (χ2v) is 6.24. The van der Waals surface area contributed by atoms with Crippen molar-refractivity contribution in [1.29, 1.82) is 0 Å². The molecule has 1 N–H and O–H groups in total. The van der Waals surface area contributed by atoms with E-state index in [0.717, 1.165) is 45.1 Å². The molecule has 1 unspecified atom stereocenters. The fourth-order valence-corrected chi connectivity index (χ4v) is 3.44. The number of pyridine rings is 1. The van der Waals surface area contributed by atoms with Crippen LogP contribution >= 0.6 is 0 Å². The van der Waals surface area contributed by atoms with Gasteiger partial charge in [-0.2, -0.15) is 0 Å². The Bertz CT molecular complexity index is 578. The van der Waals surface area contributed by atoms with Gasteiger partial charge in [-0.1, -0.05) is 18.9 Å². The molecule has 0 aromatic carbocycles. The third-order valence-electron chi connectivity index (χ3n) is 4.64. The topological polar surface area (TPSA) is 79.7 Å². The van der Waals surface area contributed by atoms with Crippen molar-refractivity contribution in [2.75, 3.05) is 13.2 Å². The minimum absolute atomic E-state index is 0.0854. The van der Waals surface area contributed by atoms with E-state index >= 15 is 0 Å².